The van der Waals surface area contributed by atoms with Crippen molar-refractivity contribution in [3.05, 3.63) is 47.0 Å². The number of rotatable bonds is 3. The molecule has 0 bridgehead atoms. The summed E-state index contributed by atoms with van der Waals surface area (Å²) in [5.41, 5.74) is 3.17. The van der Waals surface area contributed by atoms with Crippen LogP contribution in [0.2, 0.25) is 5.02 Å². The van der Waals surface area contributed by atoms with Crippen LogP contribution in [0, 0.1) is 6.92 Å². The zero-order chi connectivity index (χ0) is 10.7. The Kier molecular flexibility index (Phi) is 2.92. The molecule has 0 aliphatic heterocycles. The van der Waals surface area contributed by atoms with Gasteiger partial charge in [-0.3, -0.25) is 0 Å². The van der Waals surface area contributed by atoms with Crippen LogP contribution >= 0.6 is 11.6 Å². The minimum Gasteiger partial charge on any atom is -0.378 e. The first-order chi connectivity index (χ1) is 7.25. The second kappa shape index (κ2) is 4.36. The van der Waals surface area contributed by atoms with Gasteiger partial charge in [-0.25, -0.2) is 4.98 Å². The zero-order valence-corrected chi connectivity index (χ0v) is 9.17. The lowest BCUT2D eigenvalue weighted by atomic mass is 10.2. The second-order valence-corrected chi connectivity index (χ2v) is 3.82. The van der Waals surface area contributed by atoms with Crippen LogP contribution in [0.25, 0.3) is 0 Å². The van der Waals surface area contributed by atoms with Gasteiger partial charge in [0, 0.05) is 6.20 Å². The minimum atomic E-state index is 0.698. The lowest BCUT2D eigenvalue weighted by molar-refractivity contribution is 1.07. The first kappa shape index (κ1) is 10.1. The summed E-state index contributed by atoms with van der Waals surface area (Å²) >= 11 is 6.05. The van der Waals surface area contributed by atoms with E-state index < -0.39 is 0 Å². The number of aromatic nitrogens is 2. The number of aryl methyl sites for hydroxylation is 1. The average Bonchev–Trinajstić information content (AvgIpc) is 2.72. The minimum absolute atomic E-state index is 0.698. The number of H-pyrrole nitrogens is 1. The van der Waals surface area contributed by atoms with E-state index in [9.17, 15) is 0 Å². The highest BCUT2D eigenvalue weighted by Gasteiger charge is 2.00. The summed E-state index contributed by atoms with van der Waals surface area (Å²) in [4.78, 5) is 6.97. The van der Waals surface area contributed by atoms with Gasteiger partial charge in [0.1, 0.15) is 0 Å². The molecule has 15 heavy (non-hydrogen) atoms. The maximum atomic E-state index is 6.05. The topological polar surface area (TPSA) is 40.7 Å². The van der Waals surface area contributed by atoms with Gasteiger partial charge < -0.3 is 10.3 Å². The summed E-state index contributed by atoms with van der Waals surface area (Å²) < 4.78 is 0. The fourth-order valence-electron chi connectivity index (χ4n) is 1.35. The molecule has 0 unspecified atom stereocenters. The molecule has 1 heterocycles. The van der Waals surface area contributed by atoms with Crippen molar-refractivity contribution in [2.45, 2.75) is 13.5 Å². The van der Waals surface area contributed by atoms with Crippen molar-refractivity contribution in [3.63, 3.8) is 0 Å². The number of aromatic amines is 1. The molecule has 0 aliphatic carbocycles. The maximum Gasteiger partial charge on any atom is 0.0922 e. The summed E-state index contributed by atoms with van der Waals surface area (Å²) in [5.74, 6) is 0. The Hall–Kier alpha value is -1.48. The Bertz CT molecular complexity index is 437. The normalized spacial score (nSPS) is 10.3. The van der Waals surface area contributed by atoms with Crippen LogP contribution < -0.4 is 5.32 Å². The van der Waals surface area contributed by atoms with E-state index in [4.69, 9.17) is 11.6 Å². The number of nitrogens with one attached hydrogen (secondary N) is 2. The summed E-state index contributed by atoms with van der Waals surface area (Å²) in [6.45, 7) is 2.74. The van der Waals surface area contributed by atoms with Gasteiger partial charge >= 0.3 is 0 Å². The summed E-state index contributed by atoms with van der Waals surface area (Å²) in [5, 5.41) is 3.99. The van der Waals surface area contributed by atoms with Crippen molar-refractivity contribution in [1.82, 2.24) is 9.97 Å². The SMILES string of the molecule is Cc1ccc(Cl)c(NCc2cnc[nH]2)c1. The van der Waals surface area contributed by atoms with Crippen LogP contribution in [0.3, 0.4) is 0 Å². The zero-order valence-electron chi connectivity index (χ0n) is 8.42. The van der Waals surface area contributed by atoms with Crippen LogP contribution in [0.15, 0.2) is 30.7 Å². The van der Waals surface area contributed by atoms with Gasteiger partial charge in [-0.05, 0) is 24.6 Å². The van der Waals surface area contributed by atoms with E-state index in [-0.39, 0.29) is 0 Å². The third kappa shape index (κ3) is 2.50. The monoisotopic (exact) mass is 221 g/mol. The van der Waals surface area contributed by atoms with Crippen LogP contribution in [0.4, 0.5) is 5.69 Å². The number of hydrogen-bond acceptors (Lipinski definition) is 2. The van der Waals surface area contributed by atoms with Crippen LogP contribution in [-0.2, 0) is 6.54 Å². The molecule has 0 saturated carbocycles. The van der Waals surface area contributed by atoms with E-state index in [0.717, 1.165) is 16.4 Å². The molecule has 0 radical (unpaired) electrons. The number of hydrogen-bond donors (Lipinski definition) is 2. The van der Waals surface area contributed by atoms with Gasteiger partial charge in [-0.15, -0.1) is 0 Å². The largest absolute Gasteiger partial charge is 0.378 e. The molecule has 2 rings (SSSR count). The van der Waals surface area contributed by atoms with Gasteiger partial charge in [0.2, 0.25) is 0 Å². The Morgan fingerprint density at radius 3 is 3.07 bits per heavy atom. The van der Waals surface area contributed by atoms with Crippen molar-refractivity contribution < 1.29 is 0 Å². The molecule has 0 aliphatic rings. The molecule has 0 saturated heterocycles. The molecule has 78 valence electrons. The predicted molar refractivity (Wildman–Crippen MR) is 62.1 cm³/mol. The highest BCUT2D eigenvalue weighted by molar-refractivity contribution is 6.33. The number of benzene rings is 1. The molecular weight excluding hydrogens is 210 g/mol. The number of nitrogens with zero attached hydrogens (tertiary/aromatic N) is 1. The molecule has 1 aromatic carbocycles. The molecular formula is C11H12ClN3. The van der Waals surface area contributed by atoms with Crippen LogP contribution in [0.1, 0.15) is 11.3 Å². The van der Waals surface area contributed by atoms with E-state index in [0.29, 0.717) is 6.54 Å². The first-order valence-corrected chi connectivity index (χ1v) is 5.11. The van der Waals surface area contributed by atoms with Crippen molar-refractivity contribution in [1.29, 1.82) is 0 Å². The summed E-state index contributed by atoms with van der Waals surface area (Å²) in [6.07, 6.45) is 3.45. The van der Waals surface area contributed by atoms with Gasteiger partial charge in [0.05, 0.1) is 29.3 Å². The van der Waals surface area contributed by atoms with Crippen molar-refractivity contribution in [3.8, 4) is 0 Å². The summed E-state index contributed by atoms with van der Waals surface area (Å²) in [7, 11) is 0. The van der Waals surface area contributed by atoms with Crippen molar-refractivity contribution in [2.24, 2.45) is 0 Å². The third-order valence-electron chi connectivity index (χ3n) is 2.15. The molecule has 0 atom stereocenters. The Labute approximate surface area is 93.5 Å². The smallest absolute Gasteiger partial charge is 0.0922 e. The third-order valence-corrected chi connectivity index (χ3v) is 2.48. The van der Waals surface area contributed by atoms with Gasteiger partial charge in [-0.2, -0.15) is 0 Å². The molecule has 2 N–H and O–H groups in total. The molecule has 3 nitrogen and oxygen atoms in total. The van der Waals surface area contributed by atoms with E-state index in [1.165, 1.54) is 5.56 Å². The average molecular weight is 222 g/mol. The quantitative estimate of drug-likeness (QED) is 0.837. The van der Waals surface area contributed by atoms with Crippen LogP contribution in [0.5, 0.6) is 0 Å². The van der Waals surface area contributed by atoms with E-state index in [2.05, 4.69) is 15.3 Å². The number of halogens is 1. The van der Waals surface area contributed by atoms with Crippen molar-refractivity contribution >= 4 is 17.3 Å². The number of anilines is 1. The van der Waals surface area contributed by atoms with E-state index in [1.807, 2.05) is 25.1 Å². The molecule has 0 amide bonds. The summed E-state index contributed by atoms with van der Waals surface area (Å²) in [6, 6.07) is 5.91. The lowest BCUT2D eigenvalue weighted by Gasteiger charge is -2.07. The lowest BCUT2D eigenvalue weighted by Crippen LogP contribution is -2.00. The van der Waals surface area contributed by atoms with E-state index in [1.54, 1.807) is 12.5 Å². The first-order valence-electron chi connectivity index (χ1n) is 4.73. The van der Waals surface area contributed by atoms with Gasteiger partial charge in [0.15, 0.2) is 0 Å². The Morgan fingerprint density at radius 2 is 2.33 bits per heavy atom. The molecule has 0 spiro atoms. The molecule has 0 fully saturated rings. The van der Waals surface area contributed by atoms with Gasteiger partial charge in [0.25, 0.3) is 0 Å². The standard InChI is InChI=1S/C11H12ClN3/c1-8-2-3-10(12)11(4-8)14-6-9-5-13-7-15-9/h2-5,7,14H,6H2,1H3,(H,13,15). The predicted octanol–water partition coefficient (Wildman–Crippen LogP) is 2.98. The number of imidazole rings is 1. The fraction of sp³-hybridized carbons (Fsp3) is 0.182. The second-order valence-electron chi connectivity index (χ2n) is 3.41. The van der Waals surface area contributed by atoms with E-state index >= 15 is 0 Å². The molecule has 1 aromatic heterocycles. The highest BCUT2D eigenvalue weighted by atomic mass is 35.5. The van der Waals surface area contributed by atoms with Crippen molar-refractivity contribution in [2.75, 3.05) is 5.32 Å². The fourth-order valence-corrected chi connectivity index (χ4v) is 1.53. The highest BCUT2D eigenvalue weighted by Crippen LogP contribution is 2.22. The molecule has 4 heteroatoms. The van der Waals surface area contributed by atoms with Gasteiger partial charge in [-0.1, -0.05) is 17.7 Å². The Morgan fingerprint density at radius 1 is 1.47 bits per heavy atom. The Balaban J connectivity index is 2.07. The molecule has 2 aromatic rings. The van der Waals surface area contributed by atoms with Crippen LogP contribution in [-0.4, -0.2) is 9.97 Å². The maximum absolute atomic E-state index is 6.05.